The van der Waals surface area contributed by atoms with Gasteiger partial charge in [0.15, 0.2) is 0 Å². The number of halogens is 3. The van der Waals surface area contributed by atoms with Crippen LogP contribution in [0, 0.1) is 0 Å². The Kier molecular flexibility index (Phi) is 6.36. The summed E-state index contributed by atoms with van der Waals surface area (Å²) in [6.45, 7) is 3.40. The Morgan fingerprint density at radius 2 is 1.65 bits per heavy atom. The fraction of sp³-hybridized carbons (Fsp3) is 0.444. The molecule has 3 aromatic rings. The summed E-state index contributed by atoms with van der Waals surface area (Å²) < 4.78 is 46.6. The van der Waals surface area contributed by atoms with Crippen molar-refractivity contribution >= 4 is 23.3 Å². The van der Waals surface area contributed by atoms with E-state index in [2.05, 4.69) is 39.5 Å². The molecule has 194 valence electrons. The minimum Gasteiger partial charge on any atom is -0.378 e. The molecule has 2 aliphatic heterocycles. The highest BCUT2D eigenvalue weighted by molar-refractivity contribution is 5.63. The van der Waals surface area contributed by atoms with Gasteiger partial charge in [0.05, 0.1) is 24.5 Å². The molecule has 4 heterocycles. The molecule has 1 saturated carbocycles. The van der Waals surface area contributed by atoms with Gasteiger partial charge in [-0.2, -0.15) is 18.2 Å². The molecule has 7 nitrogen and oxygen atoms in total. The molecule has 1 N–H and O–H groups in total. The summed E-state index contributed by atoms with van der Waals surface area (Å²) in [5.74, 6) is 1.98. The molecule has 0 amide bonds. The van der Waals surface area contributed by atoms with Crippen molar-refractivity contribution < 1.29 is 17.9 Å². The van der Waals surface area contributed by atoms with Crippen LogP contribution in [-0.4, -0.2) is 54.3 Å². The lowest BCUT2D eigenvalue weighted by atomic mass is 10.1. The van der Waals surface area contributed by atoms with Crippen molar-refractivity contribution in [2.75, 3.05) is 54.5 Å². The summed E-state index contributed by atoms with van der Waals surface area (Å²) in [5, 5.41) is 3.49. The zero-order valence-corrected chi connectivity index (χ0v) is 20.5. The number of anilines is 4. The van der Waals surface area contributed by atoms with Crippen LogP contribution in [0.25, 0.3) is 0 Å². The van der Waals surface area contributed by atoms with Crippen LogP contribution in [0.2, 0.25) is 0 Å². The summed E-state index contributed by atoms with van der Waals surface area (Å²) in [7, 11) is 0. The maximum absolute atomic E-state index is 13.7. The second-order valence-electron chi connectivity index (χ2n) is 9.78. The van der Waals surface area contributed by atoms with Crippen molar-refractivity contribution in [3.63, 3.8) is 0 Å². The van der Waals surface area contributed by atoms with Gasteiger partial charge in [-0.1, -0.05) is 12.1 Å². The number of hydrogen-bond donors (Lipinski definition) is 1. The molecule has 0 unspecified atom stereocenters. The van der Waals surface area contributed by atoms with Gasteiger partial charge in [-0.05, 0) is 55.0 Å². The summed E-state index contributed by atoms with van der Waals surface area (Å²) in [6.07, 6.45) is 0.450. The van der Waals surface area contributed by atoms with Crippen LogP contribution in [0.5, 0.6) is 0 Å². The van der Waals surface area contributed by atoms with E-state index in [1.807, 2.05) is 0 Å². The standard InChI is InChI=1S/C27H29F3N6O/c28-27(29,30)22-2-1-11-31-25(22)35-12-9-21-23(10-13-35)33-26(36-14-16-37-17-15-36)34-24(21)32-20-7-5-19(6-8-20)18-3-4-18/h1-2,5-8,11,18H,3-4,9-10,12-17H2,(H,32,33,34). The van der Waals surface area contributed by atoms with E-state index >= 15 is 0 Å². The van der Waals surface area contributed by atoms with Crippen LogP contribution >= 0.6 is 0 Å². The smallest absolute Gasteiger partial charge is 0.378 e. The lowest BCUT2D eigenvalue weighted by Crippen LogP contribution is -2.37. The number of nitrogens with one attached hydrogen (secondary N) is 1. The fourth-order valence-electron chi connectivity index (χ4n) is 5.07. The monoisotopic (exact) mass is 510 g/mol. The zero-order valence-electron chi connectivity index (χ0n) is 20.5. The average molecular weight is 511 g/mol. The number of hydrogen-bond acceptors (Lipinski definition) is 7. The molecular weight excluding hydrogens is 481 g/mol. The first-order chi connectivity index (χ1) is 18.0. The third-order valence-corrected chi connectivity index (χ3v) is 7.24. The number of fused-ring (bicyclic) bond motifs is 1. The first-order valence-electron chi connectivity index (χ1n) is 12.8. The molecule has 2 aromatic heterocycles. The van der Waals surface area contributed by atoms with Crippen molar-refractivity contribution in [1.29, 1.82) is 0 Å². The minimum absolute atomic E-state index is 0.0330. The Balaban J connectivity index is 1.32. The maximum Gasteiger partial charge on any atom is 0.419 e. The Bertz CT molecular complexity index is 1260. The van der Waals surface area contributed by atoms with E-state index in [9.17, 15) is 13.2 Å². The highest BCUT2D eigenvalue weighted by Crippen LogP contribution is 2.40. The number of aromatic nitrogens is 3. The molecule has 1 aromatic carbocycles. The van der Waals surface area contributed by atoms with E-state index in [4.69, 9.17) is 14.7 Å². The van der Waals surface area contributed by atoms with Gasteiger partial charge in [0.25, 0.3) is 0 Å². The number of benzene rings is 1. The first-order valence-corrected chi connectivity index (χ1v) is 12.8. The number of ether oxygens (including phenoxy) is 1. The van der Waals surface area contributed by atoms with Crippen molar-refractivity contribution in [3.05, 3.63) is 65.0 Å². The van der Waals surface area contributed by atoms with Gasteiger partial charge in [-0.25, -0.2) is 9.97 Å². The molecule has 1 aliphatic carbocycles. The zero-order chi connectivity index (χ0) is 25.4. The molecule has 0 atom stereocenters. The molecule has 0 radical (unpaired) electrons. The van der Waals surface area contributed by atoms with Gasteiger partial charge < -0.3 is 19.9 Å². The number of morpholine rings is 1. The van der Waals surface area contributed by atoms with Crippen LogP contribution in [0.4, 0.5) is 36.4 Å². The molecule has 2 fully saturated rings. The highest BCUT2D eigenvalue weighted by atomic mass is 19.4. The maximum atomic E-state index is 13.7. The fourth-order valence-corrected chi connectivity index (χ4v) is 5.07. The van der Waals surface area contributed by atoms with Crippen LogP contribution in [0.1, 0.15) is 41.1 Å². The molecule has 10 heteroatoms. The van der Waals surface area contributed by atoms with Gasteiger partial charge in [0, 0.05) is 50.0 Å². The van der Waals surface area contributed by atoms with E-state index in [0.717, 1.165) is 23.0 Å². The van der Waals surface area contributed by atoms with Crippen molar-refractivity contribution in [1.82, 2.24) is 15.0 Å². The van der Waals surface area contributed by atoms with E-state index in [-0.39, 0.29) is 5.82 Å². The van der Waals surface area contributed by atoms with Crippen LogP contribution < -0.4 is 15.1 Å². The Labute approximate surface area is 213 Å². The molecule has 6 rings (SSSR count). The summed E-state index contributed by atoms with van der Waals surface area (Å²) in [6, 6.07) is 10.9. The van der Waals surface area contributed by atoms with Gasteiger partial charge in [0.2, 0.25) is 5.95 Å². The van der Waals surface area contributed by atoms with Crippen LogP contribution in [-0.2, 0) is 23.8 Å². The topological polar surface area (TPSA) is 66.4 Å². The number of pyridine rings is 1. The SMILES string of the molecule is FC(F)(F)c1cccnc1N1CCc2nc(N3CCOCC3)nc(Nc3ccc(C4CC4)cc3)c2CC1. The summed E-state index contributed by atoms with van der Waals surface area (Å²) in [5.41, 5.74) is 3.38. The number of rotatable bonds is 5. The third kappa shape index (κ3) is 5.20. The van der Waals surface area contributed by atoms with Crippen LogP contribution in [0.15, 0.2) is 42.6 Å². The van der Waals surface area contributed by atoms with Crippen molar-refractivity contribution in [2.45, 2.75) is 37.8 Å². The molecule has 37 heavy (non-hydrogen) atoms. The largest absolute Gasteiger partial charge is 0.419 e. The van der Waals surface area contributed by atoms with E-state index < -0.39 is 11.7 Å². The molecule has 0 spiro atoms. The van der Waals surface area contributed by atoms with Crippen LogP contribution in [0.3, 0.4) is 0 Å². The second-order valence-corrected chi connectivity index (χ2v) is 9.78. The lowest BCUT2D eigenvalue weighted by molar-refractivity contribution is -0.137. The normalized spacial score (nSPS) is 18.4. The summed E-state index contributed by atoms with van der Waals surface area (Å²) in [4.78, 5) is 17.7. The third-order valence-electron chi connectivity index (χ3n) is 7.24. The number of alkyl halides is 3. The Morgan fingerprint density at radius 1 is 0.892 bits per heavy atom. The highest BCUT2D eigenvalue weighted by Gasteiger charge is 2.36. The van der Waals surface area contributed by atoms with Gasteiger partial charge in [-0.3, -0.25) is 0 Å². The lowest BCUT2D eigenvalue weighted by Gasteiger charge is -2.28. The quantitative estimate of drug-likeness (QED) is 0.521. The van der Waals surface area contributed by atoms with Gasteiger partial charge in [0.1, 0.15) is 11.6 Å². The van der Waals surface area contributed by atoms with Crippen molar-refractivity contribution in [3.8, 4) is 0 Å². The Hall–Kier alpha value is -3.40. The second kappa shape index (κ2) is 9.81. The van der Waals surface area contributed by atoms with Crippen molar-refractivity contribution in [2.24, 2.45) is 0 Å². The minimum atomic E-state index is -4.47. The number of nitrogens with zero attached hydrogens (tertiary/aromatic N) is 5. The van der Waals surface area contributed by atoms with Gasteiger partial charge in [-0.15, -0.1) is 0 Å². The van der Waals surface area contributed by atoms with E-state index in [0.29, 0.717) is 69.9 Å². The summed E-state index contributed by atoms with van der Waals surface area (Å²) >= 11 is 0. The molecule has 3 aliphatic rings. The van der Waals surface area contributed by atoms with E-state index in [1.54, 1.807) is 4.90 Å². The average Bonchev–Trinajstić information content (AvgIpc) is 3.77. The van der Waals surface area contributed by atoms with Gasteiger partial charge >= 0.3 is 6.18 Å². The van der Waals surface area contributed by atoms with E-state index in [1.165, 1.54) is 30.7 Å². The molecule has 0 bridgehead atoms. The molecule has 1 saturated heterocycles. The predicted octanol–water partition coefficient (Wildman–Crippen LogP) is 4.95. The predicted molar refractivity (Wildman–Crippen MR) is 136 cm³/mol. The first kappa shape index (κ1) is 24.0. The Morgan fingerprint density at radius 3 is 2.38 bits per heavy atom. The molecular formula is C27H29F3N6O.